The average molecular weight is 190 g/mol. The lowest BCUT2D eigenvalue weighted by atomic mass is 10.0. The maximum absolute atomic E-state index is 5.62. The summed E-state index contributed by atoms with van der Waals surface area (Å²) in [5.41, 5.74) is 8.86. The van der Waals surface area contributed by atoms with E-state index in [0.29, 0.717) is 6.04 Å². The van der Waals surface area contributed by atoms with E-state index in [9.17, 15) is 0 Å². The fraction of sp³-hybridized carbons (Fsp3) is 0.333. The summed E-state index contributed by atoms with van der Waals surface area (Å²) in [6, 6.07) is 8.32. The van der Waals surface area contributed by atoms with Gasteiger partial charge in [0.1, 0.15) is 0 Å². The number of nitrogen functional groups attached to an aromatic ring is 1. The first-order valence-electron chi connectivity index (χ1n) is 4.80. The van der Waals surface area contributed by atoms with Gasteiger partial charge in [-0.05, 0) is 38.1 Å². The molecule has 0 fully saturated rings. The fourth-order valence-corrected chi connectivity index (χ4v) is 1.41. The Kier molecular flexibility index (Phi) is 3.72. The molecule has 3 N–H and O–H groups in total. The smallest absolute Gasteiger partial charge is 0.0314 e. The van der Waals surface area contributed by atoms with Crippen molar-refractivity contribution in [1.29, 1.82) is 0 Å². The Morgan fingerprint density at radius 1 is 1.43 bits per heavy atom. The summed E-state index contributed by atoms with van der Waals surface area (Å²) in [5, 5.41) is 3.23. The van der Waals surface area contributed by atoms with E-state index in [-0.39, 0.29) is 0 Å². The number of hydrogen-bond donors (Lipinski definition) is 2. The summed E-state index contributed by atoms with van der Waals surface area (Å²) in [5.74, 6) is 0. The van der Waals surface area contributed by atoms with Gasteiger partial charge in [0.05, 0.1) is 0 Å². The highest BCUT2D eigenvalue weighted by Crippen LogP contribution is 2.10. The van der Waals surface area contributed by atoms with Crippen molar-refractivity contribution in [1.82, 2.24) is 5.32 Å². The number of likely N-dealkylation sites (N-methyl/N-ethyl adjacent to an activating group) is 1. The molecule has 1 aromatic rings. The zero-order chi connectivity index (χ0) is 10.6. The van der Waals surface area contributed by atoms with Crippen LogP contribution in [0.25, 0.3) is 0 Å². The molecular weight excluding hydrogens is 172 g/mol. The van der Waals surface area contributed by atoms with Crippen LogP contribution in [0.1, 0.15) is 12.5 Å². The third kappa shape index (κ3) is 2.89. The predicted molar refractivity (Wildman–Crippen MR) is 62.2 cm³/mol. The Morgan fingerprint density at radius 3 is 2.43 bits per heavy atom. The normalized spacial score (nSPS) is 12.4. The fourth-order valence-electron chi connectivity index (χ4n) is 1.41. The first kappa shape index (κ1) is 10.8. The number of nitrogens with two attached hydrogens (primary N) is 1. The molecule has 0 radical (unpaired) electrons. The van der Waals surface area contributed by atoms with Gasteiger partial charge in [0.15, 0.2) is 0 Å². The molecule has 1 atom stereocenters. The van der Waals surface area contributed by atoms with Gasteiger partial charge in [0.25, 0.3) is 0 Å². The molecule has 1 aromatic carbocycles. The topological polar surface area (TPSA) is 38.0 Å². The highest BCUT2D eigenvalue weighted by Gasteiger charge is 2.06. The second kappa shape index (κ2) is 4.82. The standard InChI is InChI=1S/C12H18N2/c1-9(2)12(14-3)8-10-4-6-11(13)7-5-10/h4-7,12,14H,1,8,13H2,2-3H3. The van der Waals surface area contributed by atoms with Crippen LogP contribution in [0.3, 0.4) is 0 Å². The summed E-state index contributed by atoms with van der Waals surface area (Å²) in [6.45, 7) is 5.99. The van der Waals surface area contributed by atoms with Crippen molar-refractivity contribution < 1.29 is 0 Å². The van der Waals surface area contributed by atoms with Crippen molar-refractivity contribution in [2.75, 3.05) is 12.8 Å². The molecule has 1 unspecified atom stereocenters. The Hall–Kier alpha value is -1.28. The summed E-state index contributed by atoms with van der Waals surface area (Å²) in [6.07, 6.45) is 0.964. The van der Waals surface area contributed by atoms with E-state index in [1.54, 1.807) is 0 Å². The zero-order valence-corrected chi connectivity index (χ0v) is 8.88. The predicted octanol–water partition coefficient (Wildman–Crippen LogP) is 1.98. The second-order valence-electron chi connectivity index (χ2n) is 3.63. The maximum Gasteiger partial charge on any atom is 0.0314 e. The quantitative estimate of drug-likeness (QED) is 0.563. The van der Waals surface area contributed by atoms with Crippen LogP contribution in [-0.2, 0) is 6.42 Å². The van der Waals surface area contributed by atoms with Gasteiger partial charge in [0.2, 0.25) is 0 Å². The van der Waals surface area contributed by atoms with Gasteiger partial charge in [-0.25, -0.2) is 0 Å². The third-order valence-corrected chi connectivity index (χ3v) is 2.36. The van der Waals surface area contributed by atoms with Crippen molar-refractivity contribution >= 4 is 5.69 Å². The lowest BCUT2D eigenvalue weighted by Gasteiger charge is -2.16. The summed E-state index contributed by atoms with van der Waals surface area (Å²) >= 11 is 0. The first-order chi connectivity index (χ1) is 6.63. The van der Waals surface area contributed by atoms with Gasteiger partial charge in [-0.3, -0.25) is 0 Å². The van der Waals surface area contributed by atoms with Crippen LogP contribution in [-0.4, -0.2) is 13.1 Å². The third-order valence-electron chi connectivity index (χ3n) is 2.36. The van der Waals surface area contributed by atoms with E-state index in [2.05, 4.69) is 24.0 Å². The van der Waals surface area contributed by atoms with E-state index < -0.39 is 0 Å². The highest BCUT2D eigenvalue weighted by atomic mass is 14.9. The molecule has 0 aliphatic carbocycles. The average Bonchev–Trinajstić information content (AvgIpc) is 2.16. The van der Waals surface area contributed by atoms with Crippen molar-refractivity contribution in [2.45, 2.75) is 19.4 Å². The molecule has 0 saturated carbocycles. The molecule has 0 bridgehead atoms. The van der Waals surface area contributed by atoms with Crippen molar-refractivity contribution in [3.05, 3.63) is 42.0 Å². The maximum atomic E-state index is 5.62. The highest BCUT2D eigenvalue weighted by molar-refractivity contribution is 5.39. The molecule has 0 amide bonds. The van der Waals surface area contributed by atoms with Crippen LogP contribution < -0.4 is 11.1 Å². The van der Waals surface area contributed by atoms with Gasteiger partial charge < -0.3 is 11.1 Å². The molecule has 76 valence electrons. The van der Waals surface area contributed by atoms with Gasteiger partial charge in [-0.15, -0.1) is 0 Å². The molecule has 14 heavy (non-hydrogen) atoms. The summed E-state index contributed by atoms with van der Waals surface area (Å²) in [7, 11) is 1.96. The lowest BCUT2D eigenvalue weighted by molar-refractivity contribution is 0.634. The molecule has 2 heteroatoms. The minimum Gasteiger partial charge on any atom is -0.399 e. The molecular formula is C12H18N2. The van der Waals surface area contributed by atoms with Crippen LogP contribution in [0.4, 0.5) is 5.69 Å². The van der Waals surface area contributed by atoms with Crippen LogP contribution in [0.15, 0.2) is 36.4 Å². The van der Waals surface area contributed by atoms with Crippen molar-refractivity contribution in [2.24, 2.45) is 0 Å². The van der Waals surface area contributed by atoms with Crippen LogP contribution in [0.2, 0.25) is 0 Å². The minimum atomic E-state index is 0.346. The van der Waals surface area contributed by atoms with E-state index >= 15 is 0 Å². The Balaban J connectivity index is 2.67. The zero-order valence-electron chi connectivity index (χ0n) is 8.88. The van der Waals surface area contributed by atoms with Crippen LogP contribution >= 0.6 is 0 Å². The summed E-state index contributed by atoms with van der Waals surface area (Å²) < 4.78 is 0. The van der Waals surface area contributed by atoms with Gasteiger partial charge in [0, 0.05) is 11.7 Å². The number of nitrogens with one attached hydrogen (secondary N) is 1. The lowest BCUT2D eigenvalue weighted by Crippen LogP contribution is -2.28. The Labute approximate surface area is 85.8 Å². The number of anilines is 1. The number of benzene rings is 1. The second-order valence-corrected chi connectivity index (χ2v) is 3.63. The van der Waals surface area contributed by atoms with E-state index in [0.717, 1.165) is 17.7 Å². The molecule has 1 rings (SSSR count). The first-order valence-corrected chi connectivity index (χ1v) is 4.80. The van der Waals surface area contributed by atoms with Crippen molar-refractivity contribution in [3.63, 3.8) is 0 Å². The van der Waals surface area contributed by atoms with Crippen LogP contribution in [0.5, 0.6) is 0 Å². The SMILES string of the molecule is C=C(C)C(Cc1ccc(N)cc1)NC. The molecule has 0 aliphatic heterocycles. The molecule has 0 heterocycles. The van der Waals surface area contributed by atoms with E-state index in [1.165, 1.54) is 5.56 Å². The van der Waals surface area contributed by atoms with Gasteiger partial charge in [-0.1, -0.05) is 24.3 Å². The van der Waals surface area contributed by atoms with Crippen LogP contribution in [0, 0.1) is 0 Å². The molecule has 0 aromatic heterocycles. The molecule has 0 aliphatic rings. The number of hydrogen-bond acceptors (Lipinski definition) is 2. The number of rotatable bonds is 4. The monoisotopic (exact) mass is 190 g/mol. The molecule has 2 nitrogen and oxygen atoms in total. The molecule has 0 saturated heterocycles. The van der Waals surface area contributed by atoms with Gasteiger partial charge >= 0.3 is 0 Å². The van der Waals surface area contributed by atoms with Crippen molar-refractivity contribution in [3.8, 4) is 0 Å². The van der Waals surface area contributed by atoms with E-state index in [4.69, 9.17) is 5.73 Å². The van der Waals surface area contributed by atoms with Gasteiger partial charge in [-0.2, -0.15) is 0 Å². The Morgan fingerprint density at radius 2 is 2.00 bits per heavy atom. The largest absolute Gasteiger partial charge is 0.399 e. The minimum absolute atomic E-state index is 0.346. The van der Waals surface area contributed by atoms with E-state index in [1.807, 2.05) is 26.1 Å². The summed E-state index contributed by atoms with van der Waals surface area (Å²) in [4.78, 5) is 0. The Bertz CT molecular complexity index is 301. The molecule has 0 spiro atoms.